The first-order valence-corrected chi connectivity index (χ1v) is 10.9. The lowest BCUT2D eigenvalue weighted by molar-refractivity contribution is 0.320. The molecule has 0 aliphatic carbocycles. The molecule has 0 radical (unpaired) electrons. The van der Waals surface area contributed by atoms with Crippen LogP contribution in [0.15, 0.2) is 59.4 Å². The average Bonchev–Trinajstić information content (AvgIpc) is 2.67. The van der Waals surface area contributed by atoms with E-state index in [1.165, 1.54) is 10.6 Å². The van der Waals surface area contributed by atoms with Crippen LogP contribution in [0.4, 0.5) is 0 Å². The summed E-state index contributed by atoms with van der Waals surface area (Å²) >= 11 is 0. The number of pyridine rings is 1. The maximum Gasteiger partial charge on any atom is 0.251 e. The maximum atomic E-state index is 12.7. The van der Waals surface area contributed by atoms with Crippen LogP contribution in [-0.2, 0) is 10.0 Å². The summed E-state index contributed by atoms with van der Waals surface area (Å²) in [6.45, 7) is 0.935. The zero-order chi connectivity index (χ0) is 19.0. The number of fused-ring (bicyclic) bond motifs is 1. The molecular formula is C21H22N2O3S. The molecule has 0 saturated carbocycles. The summed E-state index contributed by atoms with van der Waals surface area (Å²) < 4.78 is 24.8. The van der Waals surface area contributed by atoms with Crippen LogP contribution in [0, 0.1) is 0 Å². The first kappa shape index (κ1) is 17.9. The zero-order valence-electron chi connectivity index (χ0n) is 15.2. The minimum Gasteiger partial charge on any atom is -0.322 e. The van der Waals surface area contributed by atoms with E-state index >= 15 is 0 Å². The Morgan fingerprint density at radius 1 is 0.963 bits per heavy atom. The molecule has 2 heterocycles. The van der Waals surface area contributed by atoms with Crippen LogP contribution in [0.1, 0.15) is 24.3 Å². The number of H-pyrrole nitrogens is 1. The van der Waals surface area contributed by atoms with E-state index < -0.39 is 10.0 Å². The summed E-state index contributed by atoms with van der Waals surface area (Å²) in [5.41, 5.74) is 2.43. The number of rotatable bonds is 3. The second-order valence-electron chi connectivity index (χ2n) is 7.15. The van der Waals surface area contributed by atoms with Crippen LogP contribution in [0.3, 0.4) is 0 Å². The van der Waals surface area contributed by atoms with E-state index in [1.54, 1.807) is 0 Å². The SMILES string of the molecule is CS(=O)(=O)N1CCC(c2ccc(-c3ccc4ccccc4c3)[nH]c2=O)CC1. The molecule has 1 N–H and O–H groups in total. The quantitative estimate of drug-likeness (QED) is 0.755. The van der Waals surface area contributed by atoms with Crippen molar-refractivity contribution in [3.63, 3.8) is 0 Å². The molecule has 3 aromatic rings. The van der Waals surface area contributed by atoms with Crippen LogP contribution < -0.4 is 5.56 Å². The van der Waals surface area contributed by atoms with Gasteiger partial charge in [-0.2, -0.15) is 0 Å². The van der Waals surface area contributed by atoms with Crippen LogP contribution in [0.25, 0.3) is 22.0 Å². The van der Waals surface area contributed by atoms with Crippen LogP contribution in [0.2, 0.25) is 0 Å². The molecule has 1 aromatic heterocycles. The third kappa shape index (κ3) is 3.68. The van der Waals surface area contributed by atoms with E-state index in [1.807, 2.05) is 30.3 Å². The van der Waals surface area contributed by atoms with Gasteiger partial charge in [-0.3, -0.25) is 4.79 Å². The smallest absolute Gasteiger partial charge is 0.251 e. The van der Waals surface area contributed by atoms with Gasteiger partial charge in [-0.25, -0.2) is 12.7 Å². The molecule has 6 heteroatoms. The Kier molecular flexibility index (Phi) is 4.61. The number of benzene rings is 2. The van der Waals surface area contributed by atoms with Crippen LogP contribution >= 0.6 is 0 Å². The van der Waals surface area contributed by atoms with Crippen LogP contribution in [-0.4, -0.2) is 37.1 Å². The van der Waals surface area contributed by atoms with Crippen molar-refractivity contribution in [2.75, 3.05) is 19.3 Å². The minimum atomic E-state index is -3.15. The standard InChI is InChI=1S/C21H22N2O3S/c1-27(25,26)23-12-10-16(11-13-23)19-8-9-20(22-21(19)24)18-7-6-15-4-2-3-5-17(15)14-18/h2-9,14,16H,10-13H2,1H3,(H,22,24). The Labute approximate surface area is 158 Å². The number of nitrogens with one attached hydrogen (secondary N) is 1. The van der Waals surface area contributed by atoms with E-state index in [9.17, 15) is 13.2 Å². The number of piperidine rings is 1. The summed E-state index contributed by atoms with van der Waals surface area (Å²) in [6, 6.07) is 18.1. The molecule has 0 spiro atoms. The molecule has 0 unspecified atom stereocenters. The molecule has 27 heavy (non-hydrogen) atoms. The van der Waals surface area contributed by atoms with Crippen molar-refractivity contribution >= 4 is 20.8 Å². The molecule has 4 rings (SSSR count). The van der Waals surface area contributed by atoms with E-state index in [-0.39, 0.29) is 11.5 Å². The van der Waals surface area contributed by atoms with Gasteiger partial charge >= 0.3 is 0 Å². The Bertz CT molecular complexity index is 1140. The highest BCUT2D eigenvalue weighted by Gasteiger charge is 2.27. The lowest BCUT2D eigenvalue weighted by atomic mass is 9.91. The molecule has 1 aliphatic rings. The second-order valence-corrected chi connectivity index (χ2v) is 9.14. The molecule has 1 fully saturated rings. The number of aromatic amines is 1. The number of hydrogen-bond donors (Lipinski definition) is 1. The van der Waals surface area contributed by atoms with E-state index in [2.05, 4.69) is 29.2 Å². The van der Waals surface area contributed by atoms with Crippen molar-refractivity contribution in [3.05, 3.63) is 70.5 Å². The maximum absolute atomic E-state index is 12.7. The summed E-state index contributed by atoms with van der Waals surface area (Å²) in [5, 5.41) is 2.30. The lowest BCUT2D eigenvalue weighted by Gasteiger charge is -2.30. The number of hydrogen-bond acceptors (Lipinski definition) is 3. The Morgan fingerprint density at radius 2 is 1.67 bits per heavy atom. The first-order valence-electron chi connectivity index (χ1n) is 9.09. The van der Waals surface area contributed by atoms with Gasteiger partial charge in [0.2, 0.25) is 10.0 Å². The summed E-state index contributed by atoms with van der Waals surface area (Å²) in [7, 11) is -3.15. The Morgan fingerprint density at radius 3 is 2.33 bits per heavy atom. The highest BCUT2D eigenvalue weighted by Crippen LogP contribution is 2.28. The fraction of sp³-hybridized carbons (Fsp3) is 0.286. The van der Waals surface area contributed by atoms with Gasteiger partial charge in [-0.05, 0) is 47.2 Å². The molecule has 1 saturated heterocycles. The van der Waals surface area contributed by atoms with E-state index in [4.69, 9.17) is 0 Å². The average molecular weight is 382 g/mol. The predicted molar refractivity (Wildman–Crippen MR) is 108 cm³/mol. The van der Waals surface area contributed by atoms with Gasteiger partial charge in [0.1, 0.15) is 0 Å². The van der Waals surface area contributed by atoms with Gasteiger partial charge in [0.15, 0.2) is 0 Å². The molecule has 0 atom stereocenters. The minimum absolute atomic E-state index is 0.0848. The van der Waals surface area contributed by atoms with Gasteiger partial charge in [0, 0.05) is 24.3 Å². The van der Waals surface area contributed by atoms with Crippen molar-refractivity contribution in [3.8, 4) is 11.3 Å². The topological polar surface area (TPSA) is 70.2 Å². The largest absolute Gasteiger partial charge is 0.322 e. The molecule has 1 aliphatic heterocycles. The van der Waals surface area contributed by atoms with Gasteiger partial charge in [-0.1, -0.05) is 42.5 Å². The Balaban J connectivity index is 1.58. The number of nitrogens with zero attached hydrogens (tertiary/aromatic N) is 1. The highest BCUT2D eigenvalue weighted by atomic mass is 32.2. The third-order valence-corrected chi connectivity index (χ3v) is 6.67. The molecule has 140 valence electrons. The van der Waals surface area contributed by atoms with Crippen molar-refractivity contribution < 1.29 is 8.42 Å². The summed E-state index contributed by atoms with van der Waals surface area (Å²) in [4.78, 5) is 15.7. The molecule has 2 aromatic carbocycles. The van der Waals surface area contributed by atoms with Crippen molar-refractivity contribution in [2.45, 2.75) is 18.8 Å². The molecule has 5 nitrogen and oxygen atoms in total. The number of sulfonamides is 1. The predicted octanol–water partition coefficient (Wildman–Crippen LogP) is 3.33. The third-order valence-electron chi connectivity index (χ3n) is 5.36. The van der Waals surface area contributed by atoms with E-state index in [0.717, 1.165) is 27.6 Å². The molecular weight excluding hydrogens is 360 g/mol. The van der Waals surface area contributed by atoms with Crippen molar-refractivity contribution in [2.24, 2.45) is 0 Å². The van der Waals surface area contributed by atoms with Crippen molar-refractivity contribution in [1.29, 1.82) is 0 Å². The summed E-state index contributed by atoms with van der Waals surface area (Å²) in [5.74, 6) is 0.0948. The number of aromatic nitrogens is 1. The summed E-state index contributed by atoms with van der Waals surface area (Å²) in [6.07, 6.45) is 2.58. The molecule has 0 bridgehead atoms. The fourth-order valence-corrected chi connectivity index (χ4v) is 4.70. The van der Waals surface area contributed by atoms with Gasteiger partial charge < -0.3 is 4.98 Å². The first-order chi connectivity index (χ1) is 12.9. The zero-order valence-corrected chi connectivity index (χ0v) is 16.0. The second kappa shape index (κ2) is 6.94. The fourth-order valence-electron chi connectivity index (χ4n) is 3.83. The Hall–Kier alpha value is -2.44. The molecule has 0 amide bonds. The lowest BCUT2D eigenvalue weighted by Crippen LogP contribution is -2.38. The van der Waals surface area contributed by atoms with Gasteiger partial charge in [0.05, 0.1) is 6.26 Å². The normalized spacial score (nSPS) is 16.6. The van der Waals surface area contributed by atoms with Gasteiger partial charge in [-0.15, -0.1) is 0 Å². The van der Waals surface area contributed by atoms with Crippen LogP contribution in [0.5, 0.6) is 0 Å². The van der Waals surface area contributed by atoms with E-state index in [0.29, 0.717) is 25.9 Å². The highest BCUT2D eigenvalue weighted by molar-refractivity contribution is 7.88. The van der Waals surface area contributed by atoms with Gasteiger partial charge in [0.25, 0.3) is 5.56 Å². The monoisotopic (exact) mass is 382 g/mol. The van der Waals surface area contributed by atoms with Crippen molar-refractivity contribution in [1.82, 2.24) is 9.29 Å².